The molecule has 10 nitrogen and oxygen atoms in total. The highest BCUT2D eigenvalue weighted by Gasteiger charge is 2.34. The van der Waals surface area contributed by atoms with Gasteiger partial charge in [-0.3, -0.25) is 14.4 Å². The summed E-state index contributed by atoms with van der Waals surface area (Å²) < 4.78 is 8.73. The van der Waals surface area contributed by atoms with Crippen LogP contribution in [0.25, 0.3) is 42.8 Å². The molecule has 1 fully saturated rings. The van der Waals surface area contributed by atoms with Gasteiger partial charge in [0.05, 0.1) is 35.0 Å². The molecule has 228 valence electrons. The van der Waals surface area contributed by atoms with Gasteiger partial charge in [0.15, 0.2) is 11.9 Å². The second kappa shape index (κ2) is 11.2. The number of urea groups is 1. The van der Waals surface area contributed by atoms with Gasteiger partial charge in [-0.15, -0.1) is 11.3 Å². The van der Waals surface area contributed by atoms with E-state index in [0.717, 1.165) is 48.4 Å². The third-order valence-corrected chi connectivity index (χ3v) is 8.93. The maximum atomic E-state index is 12.9. The molecule has 3 heterocycles. The van der Waals surface area contributed by atoms with Crippen LogP contribution >= 0.6 is 22.9 Å². The number of rotatable bonds is 7. The largest absolute Gasteiger partial charge is 0.479 e. The van der Waals surface area contributed by atoms with Crippen molar-refractivity contribution in [3.63, 3.8) is 0 Å². The Morgan fingerprint density at radius 2 is 1.80 bits per heavy atom. The summed E-state index contributed by atoms with van der Waals surface area (Å²) in [6.45, 7) is 8.31. The summed E-state index contributed by atoms with van der Waals surface area (Å²) >= 11 is 7.71. The molecule has 44 heavy (non-hydrogen) atoms. The highest BCUT2D eigenvalue weighted by Crippen LogP contribution is 2.45. The minimum Gasteiger partial charge on any atom is -0.479 e. The molecule has 3 aromatic carbocycles. The fourth-order valence-corrected chi connectivity index (χ4v) is 6.87. The number of carbonyl (C=O) groups excluding carboxylic acids is 1. The van der Waals surface area contributed by atoms with Gasteiger partial charge >= 0.3 is 12.0 Å². The van der Waals surface area contributed by atoms with Gasteiger partial charge in [-0.05, 0) is 75.2 Å². The minimum atomic E-state index is -1.20. The quantitative estimate of drug-likeness (QED) is 0.201. The standard InChI is InChI=1S/C32H32ClN5O5S/c1-17-15-22-27(25(18-7-10-20(33)11-8-18)24(17)26(30(39)40)43-32(2,3)4)44-29(34-22)19-9-12-23-21(16-19)28(35-36(23)5)37-13-14-38(42-6)31(37)41/h7-12,15-16,26H,13-14H2,1-6H3,(H,39,40)/t26-/m0/s1. The van der Waals surface area contributed by atoms with Crippen molar-refractivity contribution in [2.45, 2.75) is 39.4 Å². The summed E-state index contributed by atoms with van der Waals surface area (Å²) in [6.07, 6.45) is -1.20. The molecule has 1 aliphatic rings. The first kappa shape index (κ1) is 30.0. The van der Waals surface area contributed by atoms with Crippen molar-refractivity contribution in [3.8, 4) is 21.7 Å². The topological polar surface area (TPSA) is 110 Å². The summed E-state index contributed by atoms with van der Waals surface area (Å²) in [7, 11) is 3.32. The van der Waals surface area contributed by atoms with Crippen molar-refractivity contribution in [2.75, 3.05) is 25.1 Å². The zero-order valence-electron chi connectivity index (χ0n) is 25.2. The van der Waals surface area contributed by atoms with Gasteiger partial charge in [-0.25, -0.2) is 19.6 Å². The predicted octanol–water partition coefficient (Wildman–Crippen LogP) is 7.22. The Morgan fingerprint density at radius 3 is 2.43 bits per heavy atom. The Balaban J connectivity index is 1.54. The van der Waals surface area contributed by atoms with Crippen molar-refractivity contribution >= 4 is 61.9 Å². The molecule has 5 aromatic rings. The highest BCUT2D eigenvalue weighted by molar-refractivity contribution is 7.22. The normalized spacial score (nSPS) is 14.8. The van der Waals surface area contributed by atoms with Crippen molar-refractivity contribution in [1.82, 2.24) is 19.8 Å². The highest BCUT2D eigenvalue weighted by atomic mass is 35.5. The lowest BCUT2D eigenvalue weighted by atomic mass is 9.91. The maximum absolute atomic E-state index is 12.9. The molecule has 2 aromatic heterocycles. The van der Waals surface area contributed by atoms with E-state index in [1.165, 1.54) is 23.5 Å². The van der Waals surface area contributed by atoms with Gasteiger partial charge in [0, 0.05) is 40.7 Å². The molecule has 0 spiro atoms. The smallest absolute Gasteiger partial charge is 0.349 e. The van der Waals surface area contributed by atoms with E-state index in [9.17, 15) is 14.7 Å². The van der Waals surface area contributed by atoms with Crippen LogP contribution in [0.4, 0.5) is 10.6 Å². The first-order valence-electron chi connectivity index (χ1n) is 14.1. The van der Waals surface area contributed by atoms with E-state index in [0.29, 0.717) is 29.5 Å². The molecule has 0 saturated carbocycles. The number of aryl methyl sites for hydroxylation is 2. The van der Waals surface area contributed by atoms with Crippen LogP contribution in [0, 0.1) is 6.92 Å². The van der Waals surface area contributed by atoms with E-state index in [4.69, 9.17) is 26.2 Å². The molecule has 0 bridgehead atoms. The number of hydrogen-bond donors (Lipinski definition) is 1. The average molecular weight is 634 g/mol. The van der Waals surface area contributed by atoms with E-state index >= 15 is 0 Å². The monoisotopic (exact) mass is 633 g/mol. The summed E-state index contributed by atoms with van der Waals surface area (Å²) in [5, 5.41) is 18.5. The first-order chi connectivity index (χ1) is 20.9. The molecule has 2 amide bonds. The molecule has 1 atom stereocenters. The lowest BCUT2D eigenvalue weighted by Crippen LogP contribution is -2.31. The van der Waals surface area contributed by atoms with Gasteiger partial charge in [0.25, 0.3) is 0 Å². The number of carbonyl (C=O) groups is 2. The molecule has 1 aliphatic heterocycles. The number of hydrogen-bond acceptors (Lipinski definition) is 7. The number of carboxylic acid groups (broad SMARTS) is 1. The Kier molecular flexibility index (Phi) is 7.61. The Labute approximate surface area is 263 Å². The SMILES string of the molecule is CON1CCN(c2nn(C)c3ccc(-c4nc5cc(C)c([C@H](OC(C)(C)C)C(=O)O)c(-c6ccc(Cl)cc6)c5s4)cc23)C1=O. The predicted molar refractivity (Wildman–Crippen MR) is 172 cm³/mol. The number of nitrogens with zero attached hydrogens (tertiary/aromatic N) is 5. The van der Waals surface area contributed by atoms with E-state index in [2.05, 4.69) is 5.10 Å². The molecule has 1 saturated heterocycles. The number of fused-ring (bicyclic) bond motifs is 2. The number of carboxylic acids is 1. The maximum Gasteiger partial charge on any atom is 0.349 e. The average Bonchev–Trinajstić information content (AvgIpc) is 3.65. The van der Waals surface area contributed by atoms with Crippen molar-refractivity contribution in [1.29, 1.82) is 0 Å². The van der Waals surface area contributed by atoms with Crippen LogP contribution in [0.15, 0.2) is 48.5 Å². The fraction of sp³-hybridized carbons (Fsp3) is 0.312. The van der Waals surface area contributed by atoms with Crippen molar-refractivity contribution < 1.29 is 24.3 Å². The first-order valence-corrected chi connectivity index (χ1v) is 15.3. The summed E-state index contributed by atoms with van der Waals surface area (Å²) in [6, 6.07) is 15.0. The zero-order chi connectivity index (χ0) is 31.5. The van der Waals surface area contributed by atoms with Crippen LogP contribution in [0.3, 0.4) is 0 Å². The number of ether oxygens (including phenoxy) is 1. The molecule has 6 rings (SSSR count). The molecular weight excluding hydrogens is 602 g/mol. The van der Waals surface area contributed by atoms with Gasteiger partial charge in [-0.2, -0.15) is 5.10 Å². The van der Waals surface area contributed by atoms with Gasteiger partial charge in [-0.1, -0.05) is 23.7 Å². The number of halogens is 1. The number of anilines is 1. The van der Waals surface area contributed by atoms with E-state index < -0.39 is 17.7 Å². The Hall–Kier alpha value is -4.03. The van der Waals surface area contributed by atoms with Crippen LogP contribution in [-0.2, 0) is 21.4 Å². The number of amides is 2. The van der Waals surface area contributed by atoms with Crippen LogP contribution in [0.5, 0.6) is 0 Å². The molecule has 12 heteroatoms. The number of thiazole rings is 1. The van der Waals surface area contributed by atoms with Crippen LogP contribution in [-0.4, -0.2) is 62.7 Å². The second-order valence-electron chi connectivity index (χ2n) is 11.7. The zero-order valence-corrected chi connectivity index (χ0v) is 26.8. The van der Waals surface area contributed by atoms with Crippen LogP contribution in [0.2, 0.25) is 5.02 Å². The Morgan fingerprint density at radius 1 is 1.09 bits per heavy atom. The van der Waals surface area contributed by atoms with Crippen molar-refractivity contribution in [2.24, 2.45) is 7.05 Å². The molecule has 0 aliphatic carbocycles. The lowest BCUT2D eigenvalue weighted by Gasteiger charge is -2.28. The van der Waals surface area contributed by atoms with Gasteiger partial charge in [0.2, 0.25) is 0 Å². The third-order valence-electron chi connectivity index (χ3n) is 7.54. The summed E-state index contributed by atoms with van der Waals surface area (Å²) in [4.78, 5) is 37.4. The van der Waals surface area contributed by atoms with Gasteiger partial charge in [0.1, 0.15) is 5.01 Å². The number of hydroxylamine groups is 2. The van der Waals surface area contributed by atoms with E-state index in [1.807, 2.05) is 71.1 Å². The van der Waals surface area contributed by atoms with Crippen LogP contribution < -0.4 is 4.90 Å². The minimum absolute atomic E-state index is 0.265. The number of aromatic nitrogens is 3. The van der Waals surface area contributed by atoms with Gasteiger partial charge < -0.3 is 9.84 Å². The second-order valence-corrected chi connectivity index (χ2v) is 13.1. The summed E-state index contributed by atoms with van der Waals surface area (Å²) in [5.74, 6) is -0.515. The van der Waals surface area contributed by atoms with Crippen LogP contribution in [0.1, 0.15) is 38.0 Å². The third kappa shape index (κ3) is 5.30. The molecule has 1 N–H and O–H groups in total. The van der Waals surface area contributed by atoms with Crippen molar-refractivity contribution in [3.05, 3.63) is 64.7 Å². The molecule has 0 radical (unpaired) electrons. The molecule has 0 unspecified atom stereocenters. The number of aliphatic carboxylic acids is 1. The fourth-order valence-electron chi connectivity index (χ4n) is 5.62. The number of benzene rings is 3. The Bertz CT molecular complexity index is 1930. The molecular formula is C32H32ClN5O5S. The summed E-state index contributed by atoms with van der Waals surface area (Å²) in [5.41, 5.74) is 4.68. The lowest BCUT2D eigenvalue weighted by molar-refractivity contribution is -0.160. The van der Waals surface area contributed by atoms with E-state index in [-0.39, 0.29) is 6.03 Å². The van der Waals surface area contributed by atoms with E-state index in [1.54, 1.807) is 21.7 Å².